The van der Waals surface area contributed by atoms with Gasteiger partial charge < -0.3 is 20.1 Å². The summed E-state index contributed by atoms with van der Waals surface area (Å²) in [7, 11) is 1.29. The van der Waals surface area contributed by atoms with Crippen LogP contribution in [0.15, 0.2) is 70.3 Å². The molecule has 3 atom stereocenters. The molecule has 43 heavy (non-hydrogen) atoms. The van der Waals surface area contributed by atoms with E-state index in [9.17, 15) is 23.9 Å². The molecule has 2 aromatic carbocycles. The largest absolute Gasteiger partial charge is 0.478 e. The van der Waals surface area contributed by atoms with Gasteiger partial charge in [-0.25, -0.2) is 19.0 Å². The SMILES string of the molecule is COC(=O)C1=C(CN2CCN3C(=O)C(c4ccc(C(=O)O)cc4)C[C@@H]3C2)NC(c2nccs2)=N[C@H]1c1ccc(F)cc1Cl. The molecule has 3 aromatic rings. The van der Waals surface area contributed by atoms with Gasteiger partial charge in [-0.05, 0) is 36.2 Å². The summed E-state index contributed by atoms with van der Waals surface area (Å²) in [6, 6.07) is 9.54. The number of nitrogens with one attached hydrogen (secondary N) is 1. The van der Waals surface area contributed by atoms with Crippen LogP contribution in [0, 0.1) is 5.82 Å². The van der Waals surface area contributed by atoms with Gasteiger partial charge in [0.05, 0.1) is 24.2 Å². The van der Waals surface area contributed by atoms with E-state index in [1.54, 1.807) is 18.3 Å². The molecule has 3 aliphatic rings. The molecule has 222 valence electrons. The second-order valence-electron chi connectivity index (χ2n) is 10.5. The van der Waals surface area contributed by atoms with Crippen LogP contribution in [0.1, 0.15) is 44.9 Å². The normalized spacial score (nSPS) is 22.2. The van der Waals surface area contributed by atoms with Crippen LogP contribution in [-0.2, 0) is 14.3 Å². The number of carbonyl (C=O) groups excluding carboxylic acids is 2. The lowest BCUT2D eigenvalue weighted by Crippen LogP contribution is -2.53. The Bertz CT molecular complexity index is 1640. The van der Waals surface area contributed by atoms with Crippen LogP contribution < -0.4 is 5.32 Å². The molecule has 0 saturated carbocycles. The summed E-state index contributed by atoms with van der Waals surface area (Å²) in [6.07, 6.45) is 2.25. The fourth-order valence-corrected chi connectivity index (χ4v) is 6.81. The molecule has 2 fully saturated rings. The lowest BCUT2D eigenvalue weighted by atomic mass is 9.94. The topological polar surface area (TPSA) is 124 Å². The van der Waals surface area contributed by atoms with Crippen molar-refractivity contribution in [3.05, 3.63) is 97.8 Å². The second-order valence-corrected chi connectivity index (χ2v) is 11.8. The van der Waals surface area contributed by atoms with Crippen molar-refractivity contribution in [2.75, 3.05) is 33.3 Å². The molecule has 0 aliphatic carbocycles. The minimum absolute atomic E-state index is 0.0298. The first-order chi connectivity index (χ1) is 20.7. The lowest BCUT2D eigenvalue weighted by Gasteiger charge is -2.38. The van der Waals surface area contributed by atoms with E-state index in [1.807, 2.05) is 10.3 Å². The summed E-state index contributed by atoms with van der Waals surface area (Å²) < 4.78 is 19.1. The zero-order valence-corrected chi connectivity index (χ0v) is 24.6. The number of piperazine rings is 1. The maximum Gasteiger partial charge on any atom is 0.338 e. The van der Waals surface area contributed by atoms with Gasteiger partial charge in [-0.15, -0.1) is 11.3 Å². The number of fused-ring (bicyclic) bond motifs is 1. The Balaban J connectivity index is 1.28. The molecule has 1 amide bonds. The van der Waals surface area contributed by atoms with E-state index in [0.29, 0.717) is 54.7 Å². The number of nitrogens with zero attached hydrogens (tertiary/aromatic N) is 4. The van der Waals surface area contributed by atoms with Gasteiger partial charge in [0.2, 0.25) is 5.91 Å². The van der Waals surface area contributed by atoms with Crippen molar-refractivity contribution in [3.8, 4) is 0 Å². The first-order valence-electron chi connectivity index (χ1n) is 13.6. The molecule has 6 rings (SSSR count). The van der Waals surface area contributed by atoms with Crippen molar-refractivity contribution < 1.29 is 28.6 Å². The summed E-state index contributed by atoms with van der Waals surface area (Å²) in [4.78, 5) is 51.0. The molecule has 2 N–H and O–H groups in total. The molecule has 0 spiro atoms. The molecule has 4 heterocycles. The van der Waals surface area contributed by atoms with Crippen LogP contribution in [0.4, 0.5) is 4.39 Å². The summed E-state index contributed by atoms with van der Waals surface area (Å²) in [5.41, 5.74) is 2.26. The van der Waals surface area contributed by atoms with E-state index in [0.717, 1.165) is 5.56 Å². The van der Waals surface area contributed by atoms with Crippen LogP contribution in [0.2, 0.25) is 5.02 Å². The number of carboxylic acid groups (broad SMARTS) is 1. The maximum atomic E-state index is 13.9. The van der Waals surface area contributed by atoms with Crippen LogP contribution in [0.25, 0.3) is 0 Å². The number of amides is 1. The minimum atomic E-state index is -1.01. The minimum Gasteiger partial charge on any atom is -0.478 e. The van der Waals surface area contributed by atoms with Gasteiger partial charge in [-0.3, -0.25) is 14.7 Å². The molecular weight excluding hydrogens is 597 g/mol. The lowest BCUT2D eigenvalue weighted by molar-refractivity contribution is -0.136. The van der Waals surface area contributed by atoms with E-state index < -0.39 is 23.8 Å². The fourth-order valence-electron chi connectivity index (χ4n) is 5.96. The monoisotopic (exact) mass is 623 g/mol. The Kier molecular flexibility index (Phi) is 7.99. The van der Waals surface area contributed by atoms with Gasteiger partial charge in [0, 0.05) is 60.1 Å². The number of rotatable bonds is 7. The predicted molar refractivity (Wildman–Crippen MR) is 158 cm³/mol. The van der Waals surface area contributed by atoms with E-state index in [1.165, 1.54) is 48.8 Å². The standard InChI is InChI=1S/C30H27ClFN5O5S/c1-42-30(41)24-23(34-26(27-33-8-11-43-27)35-25(24)20-7-6-18(32)12-22(20)31)15-36-9-10-37-19(14-36)13-21(28(37)38)16-2-4-17(5-3-16)29(39)40/h2-8,11-12,19,21,25H,9-10,13-15H2,1H3,(H,34,35)(H,39,40)/t19-,21?,25+/m1/s1. The number of thiazole rings is 1. The number of benzene rings is 2. The molecule has 0 bridgehead atoms. The van der Waals surface area contributed by atoms with Gasteiger partial charge in [0.15, 0.2) is 10.8 Å². The summed E-state index contributed by atoms with van der Waals surface area (Å²) in [5, 5.41) is 15.1. The van der Waals surface area contributed by atoms with E-state index in [4.69, 9.17) is 21.3 Å². The Morgan fingerprint density at radius 3 is 2.67 bits per heavy atom. The molecule has 10 nitrogen and oxygen atoms in total. The zero-order valence-electron chi connectivity index (χ0n) is 23.0. The number of esters is 1. The highest BCUT2D eigenvalue weighted by molar-refractivity contribution is 7.11. The van der Waals surface area contributed by atoms with Crippen molar-refractivity contribution in [1.82, 2.24) is 20.1 Å². The number of carbonyl (C=O) groups is 3. The first kappa shape index (κ1) is 29.0. The molecule has 0 radical (unpaired) electrons. The number of amidine groups is 1. The van der Waals surface area contributed by atoms with Gasteiger partial charge in [-0.1, -0.05) is 29.8 Å². The summed E-state index contributed by atoms with van der Waals surface area (Å²) >= 11 is 7.84. The van der Waals surface area contributed by atoms with Crippen LogP contribution in [-0.4, -0.2) is 82.9 Å². The van der Waals surface area contributed by atoms with Gasteiger partial charge in [0.1, 0.15) is 11.9 Å². The Labute approximate surface area is 255 Å². The number of methoxy groups -OCH3 is 1. The number of hydrogen-bond acceptors (Lipinski definition) is 9. The van der Waals surface area contributed by atoms with E-state index in [-0.39, 0.29) is 34.0 Å². The molecule has 1 unspecified atom stereocenters. The highest BCUT2D eigenvalue weighted by Gasteiger charge is 2.43. The quantitative estimate of drug-likeness (QED) is 0.381. The zero-order chi connectivity index (χ0) is 30.2. The predicted octanol–water partition coefficient (Wildman–Crippen LogP) is 3.85. The first-order valence-corrected chi connectivity index (χ1v) is 14.9. The third-order valence-electron chi connectivity index (χ3n) is 8.02. The highest BCUT2D eigenvalue weighted by Crippen LogP contribution is 2.38. The van der Waals surface area contributed by atoms with E-state index >= 15 is 0 Å². The number of aromatic nitrogens is 1. The molecular formula is C30H27ClFN5O5S. The molecule has 3 aliphatic heterocycles. The summed E-state index contributed by atoms with van der Waals surface area (Å²) in [6.45, 7) is 1.98. The van der Waals surface area contributed by atoms with Crippen molar-refractivity contribution in [1.29, 1.82) is 0 Å². The van der Waals surface area contributed by atoms with Crippen molar-refractivity contribution in [3.63, 3.8) is 0 Å². The number of aliphatic imine (C=N–C) groups is 1. The average Bonchev–Trinajstić information content (AvgIpc) is 3.65. The van der Waals surface area contributed by atoms with Gasteiger partial charge in [-0.2, -0.15) is 0 Å². The number of carboxylic acids is 1. The third-order valence-corrected chi connectivity index (χ3v) is 9.13. The Morgan fingerprint density at radius 1 is 1.21 bits per heavy atom. The average molecular weight is 624 g/mol. The second kappa shape index (κ2) is 11.9. The van der Waals surface area contributed by atoms with E-state index in [2.05, 4.69) is 15.2 Å². The van der Waals surface area contributed by atoms with Crippen molar-refractivity contribution in [2.24, 2.45) is 4.99 Å². The number of ether oxygens (including phenoxy) is 1. The number of hydrogen-bond donors (Lipinski definition) is 2. The van der Waals surface area contributed by atoms with Crippen molar-refractivity contribution >= 4 is 46.6 Å². The highest BCUT2D eigenvalue weighted by atomic mass is 35.5. The smallest absolute Gasteiger partial charge is 0.338 e. The van der Waals surface area contributed by atoms with Crippen LogP contribution in [0.5, 0.6) is 0 Å². The summed E-state index contributed by atoms with van der Waals surface area (Å²) in [5.74, 6) is -1.96. The number of aromatic carboxylic acids is 1. The molecule has 13 heteroatoms. The van der Waals surface area contributed by atoms with Gasteiger partial charge in [0.25, 0.3) is 0 Å². The Hall–Kier alpha value is -4.13. The molecule has 1 aromatic heterocycles. The van der Waals surface area contributed by atoms with Crippen LogP contribution in [0.3, 0.4) is 0 Å². The maximum absolute atomic E-state index is 13.9. The van der Waals surface area contributed by atoms with Crippen LogP contribution >= 0.6 is 22.9 Å². The fraction of sp³-hybridized carbons (Fsp3) is 0.300. The Morgan fingerprint density at radius 2 is 2.00 bits per heavy atom. The number of halogens is 2. The molecule has 2 saturated heterocycles. The van der Waals surface area contributed by atoms with Gasteiger partial charge >= 0.3 is 11.9 Å². The van der Waals surface area contributed by atoms with Crippen molar-refractivity contribution in [2.45, 2.75) is 24.4 Å². The third kappa shape index (κ3) is 5.65.